The molecule has 7 nitrogen and oxygen atoms in total. The second-order valence-corrected chi connectivity index (χ2v) is 8.14. The van der Waals surface area contributed by atoms with Gasteiger partial charge < -0.3 is 15.5 Å². The first-order valence-corrected chi connectivity index (χ1v) is 10.8. The Labute approximate surface area is 190 Å². The van der Waals surface area contributed by atoms with Crippen LogP contribution in [0, 0.1) is 6.92 Å². The van der Waals surface area contributed by atoms with E-state index in [9.17, 15) is 4.79 Å². The molecule has 0 saturated carbocycles. The quantitative estimate of drug-likeness (QED) is 0.225. The normalized spacial score (nSPS) is 17.3. The van der Waals surface area contributed by atoms with E-state index in [4.69, 9.17) is 0 Å². The number of likely N-dealkylation sites (N-methyl/N-ethyl adjacent to an activating group) is 1. The number of hydrogen-bond acceptors (Lipinski definition) is 5. The fourth-order valence-corrected chi connectivity index (χ4v) is 3.96. The number of carbonyl (C=O) groups is 1. The molecule has 0 aliphatic carbocycles. The molecule has 1 aliphatic rings. The molecule has 9 heteroatoms. The van der Waals surface area contributed by atoms with Crippen LogP contribution >= 0.6 is 35.3 Å². The fourth-order valence-electron chi connectivity index (χ4n) is 3.31. The van der Waals surface area contributed by atoms with Crippen molar-refractivity contribution in [3.05, 3.63) is 16.1 Å². The molecule has 2 rings (SSSR count). The smallest absolute Gasteiger partial charge is 0.239 e. The molecule has 1 aromatic rings. The van der Waals surface area contributed by atoms with Crippen LogP contribution in [0.15, 0.2) is 10.4 Å². The summed E-state index contributed by atoms with van der Waals surface area (Å²) in [6.07, 6.45) is 3.93. The maximum Gasteiger partial charge on any atom is 0.239 e. The van der Waals surface area contributed by atoms with Crippen molar-refractivity contribution in [3.8, 4) is 0 Å². The largest absolute Gasteiger partial charge is 0.357 e. The number of thiazole rings is 1. The van der Waals surface area contributed by atoms with Crippen LogP contribution in [0.4, 0.5) is 0 Å². The van der Waals surface area contributed by atoms with Gasteiger partial charge in [0.1, 0.15) is 0 Å². The van der Waals surface area contributed by atoms with Gasteiger partial charge in [-0.25, -0.2) is 4.98 Å². The van der Waals surface area contributed by atoms with E-state index in [0.29, 0.717) is 0 Å². The number of guanidine groups is 1. The van der Waals surface area contributed by atoms with Crippen molar-refractivity contribution in [2.75, 3.05) is 46.8 Å². The highest BCUT2D eigenvalue weighted by atomic mass is 127. The molecule has 28 heavy (non-hydrogen) atoms. The van der Waals surface area contributed by atoms with E-state index >= 15 is 0 Å². The zero-order valence-electron chi connectivity index (χ0n) is 17.5. The lowest BCUT2D eigenvalue weighted by Gasteiger charge is -2.25. The van der Waals surface area contributed by atoms with Gasteiger partial charge >= 0.3 is 0 Å². The second kappa shape index (κ2) is 13.3. The number of rotatable bonds is 9. The lowest BCUT2D eigenvalue weighted by molar-refractivity contribution is -0.133. The summed E-state index contributed by atoms with van der Waals surface area (Å²) in [4.78, 5) is 25.4. The van der Waals surface area contributed by atoms with Crippen LogP contribution in [-0.2, 0) is 11.2 Å². The topological polar surface area (TPSA) is 72.9 Å². The molecule has 1 aromatic heterocycles. The molecule has 1 fully saturated rings. The second-order valence-electron chi connectivity index (χ2n) is 7.08. The number of nitrogens with one attached hydrogen (secondary N) is 2. The van der Waals surface area contributed by atoms with E-state index in [1.54, 1.807) is 16.2 Å². The minimum atomic E-state index is 0. The molecule has 1 aliphatic heterocycles. The van der Waals surface area contributed by atoms with Crippen molar-refractivity contribution in [3.63, 3.8) is 0 Å². The number of nitrogens with zero attached hydrogens (tertiary/aromatic N) is 4. The third-order valence-electron chi connectivity index (χ3n) is 4.65. The first-order chi connectivity index (χ1) is 13.0. The van der Waals surface area contributed by atoms with Crippen LogP contribution in [-0.4, -0.2) is 79.5 Å². The summed E-state index contributed by atoms with van der Waals surface area (Å²) >= 11 is 1.69. The molecular formula is C19H35IN6OS. The van der Waals surface area contributed by atoms with E-state index in [2.05, 4.69) is 37.8 Å². The number of amides is 1. The van der Waals surface area contributed by atoms with Gasteiger partial charge in [0.05, 0.1) is 16.7 Å². The minimum Gasteiger partial charge on any atom is -0.357 e. The maximum atomic E-state index is 12.3. The third-order valence-corrected chi connectivity index (χ3v) is 5.47. The number of likely N-dealkylation sites (tertiary alicyclic amines) is 1. The van der Waals surface area contributed by atoms with Crippen molar-refractivity contribution in [2.24, 2.45) is 4.99 Å². The Morgan fingerprint density at radius 1 is 1.43 bits per heavy atom. The summed E-state index contributed by atoms with van der Waals surface area (Å²) in [5.74, 6) is 1.08. The molecule has 0 radical (unpaired) electrons. The van der Waals surface area contributed by atoms with Crippen LogP contribution in [0.3, 0.4) is 0 Å². The summed E-state index contributed by atoms with van der Waals surface area (Å²) in [7, 11) is 3.68. The standard InChI is InChI=1S/C19H34N6OS.HI/c1-5-20-19(22-11-9-16-14-27-15(2)23-16)21-10-7-13-25-12-6-8-17(25)18(26)24(3)4;/h14,17H,5-13H2,1-4H3,(H2,20,21,22);1H. The van der Waals surface area contributed by atoms with Crippen molar-refractivity contribution in [1.82, 2.24) is 25.4 Å². The van der Waals surface area contributed by atoms with Gasteiger partial charge in [-0.3, -0.25) is 14.7 Å². The number of aromatic nitrogens is 1. The van der Waals surface area contributed by atoms with Gasteiger partial charge in [-0.2, -0.15) is 0 Å². The molecule has 1 amide bonds. The Morgan fingerprint density at radius 2 is 2.21 bits per heavy atom. The predicted octanol–water partition coefficient (Wildman–Crippen LogP) is 2.11. The number of aliphatic imine (C=N–C) groups is 1. The van der Waals surface area contributed by atoms with Gasteiger partial charge in [-0.1, -0.05) is 0 Å². The summed E-state index contributed by atoms with van der Waals surface area (Å²) in [5.41, 5.74) is 1.13. The van der Waals surface area contributed by atoms with Gasteiger partial charge in [0.15, 0.2) is 5.96 Å². The van der Waals surface area contributed by atoms with Crippen LogP contribution < -0.4 is 10.6 Å². The lowest BCUT2D eigenvalue weighted by Crippen LogP contribution is -2.43. The highest BCUT2D eigenvalue weighted by Crippen LogP contribution is 2.18. The Morgan fingerprint density at radius 3 is 2.86 bits per heavy atom. The predicted molar refractivity (Wildman–Crippen MR) is 128 cm³/mol. The van der Waals surface area contributed by atoms with Gasteiger partial charge in [0, 0.05) is 52.1 Å². The average Bonchev–Trinajstić information content (AvgIpc) is 3.26. The Hall–Kier alpha value is -0.940. The molecule has 1 atom stereocenters. The van der Waals surface area contributed by atoms with Crippen LogP contribution in [0.25, 0.3) is 0 Å². The molecule has 2 N–H and O–H groups in total. The number of hydrogen-bond donors (Lipinski definition) is 2. The van der Waals surface area contributed by atoms with Crippen LogP contribution in [0.2, 0.25) is 0 Å². The monoisotopic (exact) mass is 522 g/mol. The van der Waals surface area contributed by atoms with Crippen molar-refractivity contribution >= 4 is 47.2 Å². The summed E-state index contributed by atoms with van der Waals surface area (Å²) < 4.78 is 0. The van der Waals surface area contributed by atoms with E-state index in [-0.39, 0.29) is 35.9 Å². The molecule has 160 valence electrons. The molecule has 1 saturated heterocycles. The molecular weight excluding hydrogens is 487 g/mol. The average molecular weight is 523 g/mol. The zero-order chi connectivity index (χ0) is 19.6. The van der Waals surface area contributed by atoms with Crippen molar-refractivity contribution < 1.29 is 4.79 Å². The SMILES string of the molecule is CCNC(=NCCCN1CCCC1C(=O)N(C)C)NCCc1csc(C)n1.I. The van der Waals surface area contributed by atoms with Gasteiger partial charge in [-0.05, 0) is 39.7 Å². The van der Waals surface area contributed by atoms with Crippen molar-refractivity contribution in [2.45, 2.75) is 45.6 Å². The fraction of sp³-hybridized carbons (Fsp3) is 0.737. The third kappa shape index (κ3) is 8.20. The highest BCUT2D eigenvalue weighted by molar-refractivity contribution is 14.0. The molecule has 0 spiro atoms. The first-order valence-electron chi connectivity index (χ1n) is 9.89. The Balaban J connectivity index is 0.00000392. The highest BCUT2D eigenvalue weighted by Gasteiger charge is 2.30. The van der Waals surface area contributed by atoms with E-state index in [0.717, 1.165) is 75.1 Å². The molecule has 0 bridgehead atoms. The number of aryl methyl sites for hydroxylation is 1. The Kier molecular flexibility index (Phi) is 11.9. The number of halogens is 1. The van der Waals surface area contributed by atoms with Gasteiger partial charge in [-0.15, -0.1) is 35.3 Å². The molecule has 0 aromatic carbocycles. The summed E-state index contributed by atoms with van der Waals surface area (Å²) in [6, 6.07) is 0.0527. The van der Waals surface area contributed by atoms with Crippen LogP contribution in [0.1, 0.15) is 36.9 Å². The van der Waals surface area contributed by atoms with E-state index < -0.39 is 0 Å². The summed E-state index contributed by atoms with van der Waals surface area (Å²) in [6.45, 7) is 8.45. The number of carbonyl (C=O) groups excluding carboxylic acids is 1. The Bertz CT molecular complexity index is 621. The lowest BCUT2D eigenvalue weighted by atomic mass is 10.2. The van der Waals surface area contributed by atoms with E-state index in [1.807, 2.05) is 21.0 Å². The summed E-state index contributed by atoms with van der Waals surface area (Å²) in [5, 5.41) is 9.89. The van der Waals surface area contributed by atoms with Crippen molar-refractivity contribution in [1.29, 1.82) is 0 Å². The minimum absolute atomic E-state index is 0. The van der Waals surface area contributed by atoms with Gasteiger partial charge in [0.25, 0.3) is 0 Å². The molecule has 1 unspecified atom stereocenters. The maximum absolute atomic E-state index is 12.3. The molecule has 2 heterocycles. The van der Waals surface area contributed by atoms with E-state index in [1.165, 1.54) is 0 Å². The first kappa shape index (κ1) is 25.1. The zero-order valence-corrected chi connectivity index (χ0v) is 20.7. The van der Waals surface area contributed by atoms with Crippen LogP contribution in [0.5, 0.6) is 0 Å². The van der Waals surface area contributed by atoms with Gasteiger partial charge in [0.2, 0.25) is 5.91 Å².